The smallest absolute Gasteiger partial charge is 0.223 e. The Kier molecular flexibility index (Phi) is 5.95. The molecule has 3 heteroatoms. The predicted molar refractivity (Wildman–Crippen MR) is 65.9 cm³/mol. The van der Waals surface area contributed by atoms with E-state index in [0.29, 0.717) is 18.9 Å². The molecule has 1 saturated heterocycles. The van der Waals surface area contributed by atoms with E-state index < -0.39 is 0 Å². The van der Waals surface area contributed by atoms with Gasteiger partial charge in [0.15, 0.2) is 0 Å². The Morgan fingerprint density at radius 2 is 2.19 bits per heavy atom. The second kappa shape index (κ2) is 7.29. The highest BCUT2D eigenvalue weighted by atomic mass is 16.2. The minimum Gasteiger partial charge on any atom is -0.332 e. The van der Waals surface area contributed by atoms with Crippen molar-refractivity contribution in [1.82, 2.24) is 10.2 Å². The lowest BCUT2D eigenvalue weighted by molar-refractivity contribution is -0.131. The Bertz CT molecular complexity index is 251. The molecule has 1 rings (SSSR count). The van der Waals surface area contributed by atoms with Crippen molar-refractivity contribution >= 4 is 5.91 Å². The lowest BCUT2D eigenvalue weighted by Gasteiger charge is -2.25. The average molecular weight is 222 g/mol. The van der Waals surface area contributed by atoms with Crippen LogP contribution >= 0.6 is 0 Å². The Balaban J connectivity index is 2.38. The van der Waals surface area contributed by atoms with Crippen molar-refractivity contribution in [3.05, 3.63) is 0 Å². The van der Waals surface area contributed by atoms with Crippen LogP contribution in [0.3, 0.4) is 0 Å². The molecule has 0 aromatic heterocycles. The normalized spacial score (nSPS) is 16.8. The van der Waals surface area contributed by atoms with E-state index in [1.165, 1.54) is 0 Å². The molecule has 0 radical (unpaired) electrons. The van der Waals surface area contributed by atoms with Crippen LogP contribution in [0.1, 0.15) is 32.6 Å². The first-order chi connectivity index (χ1) is 7.77. The maximum absolute atomic E-state index is 12.0. The second-order valence-electron chi connectivity index (χ2n) is 4.42. The summed E-state index contributed by atoms with van der Waals surface area (Å²) in [6, 6.07) is 0. The molecule has 0 atom stereocenters. The van der Waals surface area contributed by atoms with Gasteiger partial charge in [-0.3, -0.25) is 4.79 Å². The predicted octanol–water partition coefficient (Wildman–Crippen LogP) is 1.25. The van der Waals surface area contributed by atoms with E-state index in [0.717, 1.165) is 38.9 Å². The Labute approximate surface area is 98.6 Å². The fourth-order valence-corrected chi connectivity index (χ4v) is 2.13. The first-order valence-corrected chi connectivity index (χ1v) is 6.19. The zero-order valence-electron chi connectivity index (χ0n) is 10.2. The molecular weight excluding hydrogens is 200 g/mol. The highest BCUT2D eigenvalue weighted by molar-refractivity contribution is 5.76. The van der Waals surface area contributed by atoms with E-state index >= 15 is 0 Å². The molecule has 16 heavy (non-hydrogen) atoms. The third-order valence-electron chi connectivity index (χ3n) is 3.05. The van der Waals surface area contributed by atoms with E-state index in [1.807, 2.05) is 4.90 Å². The Morgan fingerprint density at radius 1 is 1.50 bits per heavy atom. The minimum absolute atomic E-state index is 0.228. The zero-order valence-corrected chi connectivity index (χ0v) is 10.2. The van der Waals surface area contributed by atoms with Crippen molar-refractivity contribution < 1.29 is 4.79 Å². The molecule has 0 aromatic rings. The summed E-state index contributed by atoms with van der Waals surface area (Å²) in [5.74, 6) is 3.34. The number of hydrogen-bond acceptors (Lipinski definition) is 2. The first-order valence-electron chi connectivity index (χ1n) is 6.19. The molecule has 90 valence electrons. The van der Waals surface area contributed by atoms with Crippen molar-refractivity contribution in [2.24, 2.45) is 5.92 Å². The van der Waals surface area contributed by atoms with Gasteiger partial charge in [0.25, 0.3) is 0 Å². The van der Waals surface area contributed by atoms with Gasteiger partial charge in [-0.25, -0.2) is 0 Å². The molecule has 0 aliphatic carbocycles. The number of terminal acetylenes is 1. The number of carbonyl (C=O) groups is 1. The monoisotopic (exact) mass is 222 g/mol. The average Bonchev–Trinajstić information content (AvgIpc) is 2.30. The van der Waals surface area contributed by atoms with Gasteiger partial charge in [-0.05, 0) is 38.3 Å². The summed E-state index contributed by atoms with van der Waals surface area (Å²) < 4.78 is 0. The van der Waals surface area contributed by atoms with E-state index in [-0.39, 0.29) is 5.91 Å². The van der Waals surface area contributed by atoms with Gasteiger partial charge >= 0.3 is 0 Å². The summed E-state index contributed by atoms with van der Waals surface area (Å²) in [4.78, 5) is 13.8. The fraction of sp³-hybridized carbons (Fsp3) is 0.769. The minimum atomic E-state index is 0.228. The van der Waals surface area contributed by atoms with Crippen LogP contribution in [-0.4, -0.2) is 37.0 Å². The maximum Gasteiger partial charge on any atom is 0.223 e. The summed E-state index contributed by atoms with van der Waals surface area (Å²) in [5, 5.41) is 3.31. The molecule has 3 nitrogen and oxygen atoms in total. The van der Waals surface area contributed by atoms with Gasteiger partial charge in [0.05, 0.1) is 6.54 Å². The van der Waals surface area contributed by atoms with Gasteiger partial charge in [-0.1, -0.05) is 12.8 Å². The molecule has 1 aliphatic rings. The SMILES string of the molecule is C#CCN(CCC)C(=O)CC1CCNCC1. The standard InChI is InChI=1S/C13H22N2O/c1-3-9-15(10-4-2)13(16)11-12-5-7-14-8-6-12/h1,12,14H,4-11H2,2H3. The largest absolute Gasteiger partial charge is 0.332 e. The van der Waals surface area contributed by atoms with Crippen LogP contribution in [0.15, 0.2) is 0 Å². The lowest BCUT2D eigenvalue weighted by Crippen LogP contribution is -2.36. The van der Waals surface area contributed by atoms with E-state index in [4.69, 9.17) is 6.42 Å². The molecule has 0 saturated carbocycles. The molecule has 1 amide bonds. The highest BCUT2D eigenvalue weighted by Gasteiger charge is 2.19. The number of nitrogens with zero attached hydrogens (tertiary/aromatic N) is 1. The van der Waals surface area contributed by atoms with E-state index in [1.54, 1.807) is 0 Å². The fourth-order valence-electron chi connectivity index (χ4n) is 2.13. The Hall–Kier alpha value is -1.01. The summed E-state index contributed by atoms with van der Waals surface area (Å²) in [5.41, 5.74) is 0. The van der Waals surface area contributed by atoms with E-state index in [2.05, 4.69) is 18.2 Å². The van der Waals surface area contributed by atoms with Crippen LogP contribution in [0.25, 0.3) is 0 Å². The van der Waals surface area contributed by atoms with E-state index in [9.17, 15) is 4.79 Å². The van der Waals surface area contributed by atoms with Crippen molar-refractivity contribution in [3.8, 4) is 12.3 Å². The van der Waals surface area contributed by atoms with Gasteiger partial charge < -0.3 is 10.2 Å². The van der Waals surface area contributed by atoms with Crippen molar-refractivity contribution in [2.45, 2.75) is 32.6 Å². The maximum atomic E-state index is 12.0. The Morgan fingerprint density at radius 3 is 2.75 bits per heavy atom. The summed E-state index contributed by atoms with van der Waals surface area (Å²) in [7, 11) is 0. The molecule has 1 heterocycles. The molecular formula is C13H22N2O. The molecule has 1 fully saturated rings. The highest BCUT2D eigenvalue weighted by Crippen LogP contribution is 2.17. The van der Waals surface area contributed by atoms with Gasteiger partial charge in [0.2, 0.25) is 5.91 Å². The van der Waals surface area contributed by atoms with Crippen LogP contribution in [0.2, 0.25) is 0 Å². The molecule has 0 aromatic carbocycles. The van der Waals surface area contributed by atoms with Crippen molar-refractivity contribution in [2.75, 3.05) is 26.2 Å². The van der Waals surface area contributed by atoms with Gasteiger partial charge in [-0.2, -0.15) is 0 Å². The zero-order chi connectivity index (χ0) is 11.8. The summed E-state index contributed by atoms with van der Waals surface area (Å²) >= 11 is 0. The van der Waals surface area contributed by atoms with Crippen molar-refractivity contribution in [1.29, 1.82) is 0 Å². The third-order valence-corrected chi connectivity index (χ3v) is 3.05. The van der Waals surface area contributed by atoms with Gasteiger partial charge in [-0.15, -0.1) is 6.42 Å². The summed E-state index contributed by atoms with van der Waals surface area (Å²) in [6.07, 6.45) is 9.14. The molecule has 1 N–H and O–H groups in total. The van der Waals surface area contributed by atoms with Crippen molar-refractivity contribution in [3.63, 3.8) is 0 Å². The van der Waals surface area contributed by atoms with Crippen LogP contribution in [0, 0.1) is 18.3 Å². The number of hydrogen-bond donors (Lipinski definition) is 1. The molecule has 0 unspecified atom stereocenters. The molecule has 0 bridgehead atoms. The number of carbonyl (C=O) groups excluding carboxylic acids is 1. The van der Waals surface area contributed by atoms with Crippen LogP contribution in [0.4, 0.5) is 0 Å². The van der Waals surface area contributed by atoms with Gasteiger partial charge in [0, 0.05) is 13.0 Å². The topological polar surface area (TPSA) is 32.3 Å². The number of rotatable bonds is 5. The van der Waals surface area contributed by atoms with Crippen LogP contribution < -0.4 is 5.32 Å². The van der Waals surface area contributed by atoms with Gasteiger partial charge in [0.1, 0.15) is 0 Å². The molecule has 1 aliphatic heterocycles. The first kappa shape index (κ1) is 13.1. The summed E-state index contributed by atoms with van der Waals surface area (Å²) in [6.45, 7) is 5.40. The third kappa shape index (κ3) is 4.24. The number of nitrogens with one attached hydrogen (secondary N) is 1. The van der Waals surface area contributed by atoms with Crippen LogP contribution in [-0.2, 0) is 4.79 Å². The van der Waals surface area contributed by atoms with Crippen LogP contribution in [0.5, 0.6) is 0 Å². The number of piperidine rings is 1. The lowest BCUT2D eigenvalue weighted by atomic mass is 9.94. The number of amides is 1. The quantitative estimate of drug-likeness (QED) is 0.710. The second-order valence-corrected chi connectivity index (χ2v) is 4.42. The molecule has 0 spiro atoms.